The van der Waals surface area contributed by atoms with Crippen molar-refractivity contribution in [3.63, 3.8) is 0 Å². The minimum atomic E-state index is -0.368. The molecule has 0 aliphatic carbocycles. The Morgan fingerprint density at radius 3 is 2.86 bits per heavy atom. The van der Waals surface area contributed by atoms with Gasteiger partial charge < -0.3 is 4.74 Å². The highest BCUT2D eigenvalue weighted by Crippen LogP contribution is 2.17. The summed E-state index contributed by atoms with van der Waals surface area (Å²) < 4.78 is 5.26. The molecule has 0 radical (unpaired) electrons. The van der Waals surface area contributed by atoms with Crippen LogP contribution in [-0.2, 0) is 4.74 Å². The number of esters is 1. The van der Waals surface area contributed by atoms with Gasteiger partial charge in [0.15, 0.2) is 0 Å². The van der Waals surface area contributed by atoms with Gasteiger partial charge >= 0.3 is 5.97 Å². The average molecular weight is 313 g/mol. The summed E-state index contributed by atoms with van der Waals surface area (Å²) in [6.07, 6.45) is 5.29. The Morgan fingerprint density at radius 1 is 1.23 bits per heavy atom. The zero-order valence-corrected chi connectivity index (χ0v) is 12.4. The summed E-state index contributed by atoms with van der Waals surface area (Å²) in [5, 5.41) is 8.21. The molecule has 2 aromatic carbocycles. The highest BCUT2D eigenvalue weighted by Gasteiger charge is 2.11. The van der Waals surface area contributed by atoms with Crippen LogP contribution in [0, 0.1) is 0 Å². The first kappa shape index (κ1) is 14.4. The van der Waals surface area contributed by atoms with E-state index in [1.165, 1.54) is 0 Å². The first-order valence-corrected chi connectivity index (χ1v) is 7.13. The lowest BCUT2D eigenvalue weighted by atomic mass is 10.1. The topological polar surface area (TPSA) is 55.0 Å². The lowest BCUT2D eigenvalue weighted by Crippen LogP contribution is -2.05. The second kappa shape index (κ2) is 6.45. The van der Waals surface area contributed by atoms with E-state index in [9.17, 15) is 4.79 Å². The first-order chi connectivity index (χ1) is 10.7. The third kappa shape index (κ3) is 3.18. The molecule has 0 atom stereocenters. The quantitative estimate of drug-likeness (QED) is 0.738. The Morgan fingerprint density at radius 2 is 2.05 bits per heavy atom. The molecule has 0 bridgehead atoms. The summed E-state index contributed by atoms with van der Waals surface area (Å²) in [7, 11) is 0. The maximum absolute atomic E-state index is 12.1. The van der Waals surface area contributed by atoms with Crippen LogP contribution >= 0.6 is 11.6 Å². The van der Waals surface area contributed by atoms with Gasteiger partial charge in [0, 0.05) is 10.4 Å². The van der Waals surface area contributed by atoms with E-state index in [0.717, 1.165) is 16.5 Å². The molecule has 0 unspecified atom stereocenters. The number of aromatic nitrogens is 2. The minimum absolute atomic E-state index is 0.204. The van der Waals surface area contributed by atoms with E-state index in [1.807, 2.05) is 36.4 Å². The fourth-order valence-corrected chi connectivity index (χ4v) is 2.23. The molecule has 4 nitrogen and oxygen atoms in total. The van der Waals surface area contributed by atoms with Crippen molar-refractivity contribution in [2.45, 2.75) is 0 Å². The Kier molecular flexibility index (Phi) is 4.21. The monoisotopic (exact) mass is 312 g/mol. The molecule has 0 saturated carbocycles. The van der Waals surface area contributed by atoms with Gasteiger partial charge in [0.2, 0.25) is 0 Å². The van der Waals surface area contributed by atoms with E-state index in [2.05, 4.69) is 10.2 Å². The molecular formula is C17H13ClN2O2. The lowest BCUT2D eigenvalue weighted by molar-refractivity contribution is 0.0552. The van der Waals surface area contributed by atoms with Crippen LogP contribution in [0.1, 0.15) is 15.9 Å². The predicted octanol–water partition coefficient (Wildman–Crippen LogP) is 4.09. The Hall–Kier alpha value is -2.59. The van der Waals surface area contributed by atoms with Gasteiger partial charge in [-0.3, -0.25) is 5.10 Å². The molecule has 3 aromatic rings. The van der Waals surface area contributed by atoms with Crippen molar-refractivity contribution in [2.24, 2.45) is 0 Å². The molecule has 110 valence electrons. The fraction of sp³-hybridized carbons (Fsp3) is 0.0588. The summed E-state index contributed by atoms with van der Waals surface area (Å²) in [4.78, 5) is 12.1. The number of carbonyl (C=O) groups is 1. The first-order valence-electron chi connectivity index (χ1n) is 6.75. The normalized spacial score (nSPS) is 11.1. The number of ether oxygens (including phenoxy) is 1. The van der Waals surface area contributed by atoms with Crippen molar-refractivity contribution < 1.29 is 9.53 Å². The number of nitrogens with zero attached hydrogens (tertiary/aromatic N) is 1. The van der Waals surface area contributed by atoms with Crippen molar-refractivity contribution in [3.8, 4) is 0 Å². The highest BCUT2D eigenvalue weighted by atomic mass is 35.5. The van der Waals surface area contributed by atoms with E-state index in [-0.39, 0.29) is 12.6 Å². The molecule has 0 fully saturated rings. The zero-order chi connectivity index (χ0) is 15.4. The molecule has 3 rings (SSSR count). The van der Waals surface area contributed by atoms with Crippen LogP contribution in [0.25, 0.3) is 17.0 Å². The Labute approximate surface area is 132 Å². The smallest absolute Gasteiger partial charge is 0.339 e. The third-order valence-corrected chi connectivity index (χ3v) is 3.45. The van der Waals surface area contributed by atoms with Gasteiger partial charge in [-0.15, -0.1) is 0 Å². The molecule has 0 amide bonds. The van der Waals surface area contributed by atoms with Crippen molar-refractivity contribution in [2.75, 3.05) is 6.61 Å². The molecule has 0 aliphatic heterocycles. The van der Waals surface area contributed by atoms with Gasteiger partial charge in [-0.2, -0.15) is 5.10 Å². The lowest BCUT2D eigenvalue weighted by Gasteiger charge is -2.03. The largest absolute Gasteiger partial charge is 0.458 e. The fourth-order valence-electron chi connectivity index (χ4n) is 2.11. The van der Waals surface area contributed by atoms with E-state index >= 15 is 0 Å². The van der Waals surface area contributed by atoms with Gasteiger partial charge in [-0.1, -0.05) is 35.9 Å². The molecule has 0 spiro atoms. The van der Waals surface area contributed by atoms with Crippen molar-refractivity contribution in [3.05, 3.63) is 70.9 Å². The summed E-state index contributed by atoms with van der Waals surface area (Å²) >= 11 is 5.82. The van der Waals surface area contributed by atoms with Gasteiger partial charge in [-0.25, -0.2) is 4.79 Å². The second-order valence-electron chi connectivity index (χ2n) is 4.69. The van der Waals surface area contributed by atoms with Crippen LogP contribution in [0.15, 0.2) is 54.7 Å². The zero-order valence-electron chi connectivity index (χ0n) is 11.6. The molecule has 1 heterocycles. The summed E-state index contributed by atoms with van der Waals surface area (Å²) in [5.74, 6) is -0.368. The molecule has 22 heavy (non-hydrogen) atoms. The summed E-state index contributed by atoms with van der Waals surface area (Å²) in [5.41, 5.74) is 2.31. The number of H-pyrrole nitrogens is 1. The van der Waals surface area contributed by atoms with Gasteiger partial charge in [0.25, 0.3) is 0 Å². The predicted molar refractivity (Wildman–Crippen MR) is 86.9 cm³/mol. The number of carbonyl (C=O) groups excluding carboxylic acids is 1. The number of hydrogen-bond donors (Lipinski definition) is 1. The van der Waals surface area contributed by atoms with Gasteiger partial charge in [0.1, 0.15) is 6.61 Å². The van der Waals surface area contributed by atoms with E-state index in [0.29, 0.717) is 10.6 Å². The van der Waals surface area contributed by atoms with Crippen LogP contribution in [0.3, 0.4) is 0 Å². The van der Waals surface area contributed by atoms with Crippen molar-refractivity contribution >= 4 is 34.5 Å². The Balaban J connectivity index is 1.63. The van der Waals surface area contributed by atoms with E-state index in [1.54, 1.807) is 24.4 Å². The van der Waals surface area contributed by atoms with Crippen molar-refractivity contribution in [1.82, 2.24) is 10.2 Å². The summed E-state index contributed by atoms with van der Waals surface area (Å²) in [6, 6.07) is 12.8. The van der Waals surface area contributed by atoms with E-state index in [4.69, 9.17) is 16.3 Å². The number of rotatable bonds is 4. The number of benzene rings is 2. The second-order valence-corrected chi connectivity index (χ2v) is 5.13. The van der Waals surface area contributed by atoms with Crippen LogP contribution in [0.2, 0.25) is 5.02 Å². The van der Waals surface area contributed by atoms with Crippen molar-refractivity contribution in [1.29, 1.82) is 0 Å². The molecule has 0 aliphatic rings. The van der Waals surface area contributed by atoms with Crippen LogP contribution < -0.4 is 0 Å². The van der Waals surface area contributed by atoms with Gasteiger partial charge in [0.05, 0.1) is 17.3 Å². The maximum atomic E-state index is 12.1. The maximum Gasteiger partial charge on any atom is 0.339 e. The molecule has 0 saturated heterocycles. The molecular weight excluding hydrogens is 300 g/mol. The SMILES string of the molecule is O=C(OC/C=C/c1ccc(Cl)cc1)c1cccc2[nH]ncc12. The number of nitrogens with one attached hydrogen (secondary N) is 1. The third-order valence-electron chi connectivity index (χ3n) is 3.20. The number of halogens is 1. The number of hydrogen-bond acceptors (Lipinski definition) is 3. The van der Waals surface area contributed by atoms with Crippen LogP contribution in [0.4, 0.5) is 0 Å². The number of fused-ring (bicyclic) bond motifs is 1. The Bertz CT molecular complexity index is 822. The number of aromatic amines is 1. The van der Waals surface area contributed by atoms with Gasteiger partial charge in [-0.05, 0) is 35.9 Å². The summed E-state index contributed by atoms with van der Waals surface area (Å²) in [6.45, 7) is 0.204. The highest BCUT2D eigenvalue weighted by molar-refractivity contribution is 6.30. The van der Waals surface area contributed by atoms with Crippen LogP contribution in [0.5, 0.6) is 0 Å². The molecule has 1 aromatic heterocycles. The van der Waals surface area contributed by atoms with E-state index < -0.39 is 0 Å². The van der Waals surface area contributed by atoms with Crippen LogP contribution in [-0.4, -0.2) is 22.8 Å². The standard InChI is InChI=1S/C17H13ClN2O2/c18-13-8-6-12(7-9-13)3-2-10-22-17(21)14-4-1-5-16-15(14)11-19-20-16/h1-9,11H,10H2,(H,19,20)/b3-2+. The minimum Gasteiger partial charge on any atom is -0.458 e. The molecule has 1 N–H and O–H groups in total. The molecule has 5 heteroatoms. The average Bonchev–Trinajstić information content (AvgIpc) is 3.01.